The van der Waals surface area contributed by atoms with Crippen LogP contribution in [0.2, 0.25) is 0 Å². The number of carbonyl (C=O) groups excluding carboxylic acids is 1. The molecule has 2 N–H and O–H groups in total. The van der Waals surface area contributed by atoms with Gasteiger partial charge in [-0.15, -0.1) is 0 Å². The van der Waals surface area contributed by atoms with Crippen molar-refractivity contribution in [1.82, 2.24) is 29.4 Å². The quantitative estimate of drug-likeness (QED) is 0.316. The van der Waals surface area contributed by atoms with Gasteiger partial charge in [0.25, 0.3) is 0 Å². The van der Waals surface area contributed by atoms with Gasteiger partial charge in [0.2, 0.25) is 0 Å². The van der Waals surface area contributed by atoms with E-state index in [-0.39, 0.29) is 18.3 Å². The molecule has 0 saturated heterocycles. The van der Waals surface area contributed by atoms with Gasteiger partial charge in [-0.2, -0.15) is 14.7 Å². The second-order valence-electron chi connectivity index (χ2n) is 10.3. The molecule has 0 amide bonds. The summed E-state index contributed by atoms with van der Waals surface area (Å²) in [5.74, 6) is -0.409. The summed E-state index contributed by atoms with van der Waals surface area (Å²) in [4.78, 5) is 35.0. The van der Waals surface area contributed by atoms with Gasteiger partial charge in [-0.1, -0.05) is 6.07 Å². The molecule has 0 spiro atoms. The van der Waals surface area contributed by atoms with Crippen molar-refractivity contribution in [3.63, 3.8) is 0 Å². The minimum Gasteiger partial charge on any atom is -0.479 e. The van der Waals surface area contributed by atoms with Crippen molar-refractivity contribution in [2.75, 3.05) is 32.2 Å². The van der Waals surface area contributed by atoms with Crippen LogP contribution in [0.25, 0.3) is 28.2 Å². The summed E-state index contributed by atoms with van der Waals surface area (Å²) in [5.41, 5.74) is 3.78. The van der Waals surface area contributed by atoms with Gasteiger partial charge in [0.15, 0.2) is 17.0 Å². The van der Waals surface area contributed by atoms with Crippen LogP contribution in [0.1, 0.15) is 54.1 Å². The molecule has 4 aromatic heterocycles. The molecule has 0 aromatic carbocycles. The van der Waals surface area contributed by atoms with Crippen molar-refractivity contribution in [1.29, 1.82) is 0 Å². The first-order chi connectivity index (χ1) is 19.4. The van der Waals surface area contributed by atoms with Crippen LogP contribution in [0.3, 0.4) is 0 Å². The molecule has 5 heterocycles. The van der Waals surface area contributed by atoms with Crippen LogP contribution < -0.4 is 5.32 Å². The highest BCUT2D eigenvalue weighted by Gasteiger charge is 2.44. The van der Waals surface area contributed by atoms with E-state index < -0.39 is 11.6 Å². The number of hydrogen-bond donors (Lipinski definition) is 2. The number of nitrogens with zero attached hydrogens (tertiary/aromatic N) is 6. The molecule has 12 heteroatoms. The van der Waals surface area contributed by atoms with Crippen molar-refractivity contribution in [3.05, 3.63) is 48.0 Å². The highest BCUT2D eigenvalue weighted by molar-refractivity contribution is 6.04. The van der Waals surface area contributed by atoms with Crippen LogP contribution >= 0.6 is 0 Å². The predicted molar refractivity (Wildman–Crippen MR) is 145 cm³/mol. The maximum Gasteiger partial charge on any atom is 0.335 e. The number of Topliss-reactive ketones (excluding diaryl/α,β-unsaturated/α-hetero) is 1. The molecule has 1 fully saturated rings. The fourth-order valence-corrected chi connectivity index (χ4v) is 5.72. The van der Waals surface area contributed by atoms with Gasteiger partial charge < -0.3 is 19.9 Å². The van der Waals surface area contributed by atoms with E-state index in [1.54, 1.807) is 28.7 Å². The Hall–Kier alpha value is -4.16. The third-order valence-corrected chi connectivity index (χ3v) is 7.88. The second kappa shape index (κ2) is 10.4. The maximum atomic E-state index is 13.2. The van der Waals surface area contributed by atoms with E-state index in [1.807, 2.05) is 31.4 Å². The number of carboxylic acids is 1. The van der Waals surface area contributed by atoms with Gasteiger partial charge in [-0.3, -0.25) is 14.5 Å². The van der Waals surface area contributed by atoms with E-state index in [0.717, 1.165) is 22.5 Å². The first-order valence-corrected chi connectivity index (χ1v) is 13.4. The lowest BCUT2D eigenvalue weighted by Crippen LogP contribution is -2.45. The summed E-state index contributed by atoms with van der Waals surface area (Å²) in [5, 5.41) is 22.3. The number of hydrogen-bond acceptors (Lipinski definition) is 9. The van der Waals surface area contributed by atoms with Crippen molar-refractivity contribution in [2.45, 2.75) is 43.6 Å². The Labute approximate surface area is 230 Å². The third-order valence-electron chi connectivity index (χ3n) is 7.88. The van der Waals surface area contributed by atoms with Gasteiger partial charge >= 0.3 is 5.97 Å². The number of carbonyl (C=O) groups is 2. The molecule has 40 heavy (non-hydrogen) atoms. The Balaban J connectivity index is 1.36. The molecule has 1 saturated carbocycles. The second-order valence-corrected chi connectivity index (χ2v) is 10.3. The van der Waals surface area contributed by atoms with Crippen molar-refractivity contribution in [2.24, 2.45) is 7.05 Å². The fraction of sp³-hybridized carbons (Fsp3) is 0.429. The highest BCUT2D eigenvalue weighted by atomic mass is 16.5. The van der Waals surface area contributed by atoms with Crippen LogP contribution in [0.5, 0.6) is 0 Å². The number of ketones is 1. The number of ether oxygens (including phenoxy) is 2. The fourth-order valence-electron chi connectivity index (χ4n) is 5.72. The topological polar surface area (TPSA) is 146 Å². The van der Waals surface area contributed by atoms with Crippen LogP contribution in [0.4, 0.5) is 5.82 Å². The number of methoxy groups -OCH3 is 1. The van der Waals surface area contributed by atoms with E-state index in [9.17, 15) is 14.7 Å². The Morgan fingerprint density at radius 1 is 1.18 bits per heavy atom. The molecule has 0 bridgehead atoms. The van der Waals surface area contributed by atoms with E-state index in [4.69, 9.17) is 14.5 Å². The average molecular weight is 546 g/mol. The normalized spacial score (nSPS) is 20.9. The first-order valence-electron chi connectivity index (χ1n) is 13.4. The Bertz CT molecular complexity index is 1570. The number of nitrogens with one attached hydrogen (secondary N) is 1. The molecule has 208 valence electrons. The lowest BCUT2D eigenvalue weighted by molar-refractivity contribution is -0.173. The zero-order valence-electron chi connectivity index (χ0n) is 22.5. The maximum absolute atomic E-state index is 13.2. The summed E-state index contributed by atoms with van der Waals surface area (Å²) in [6.45, 7) is 1.05. The minimum atomic E-state index is -1.26. The molecule has 1 aliphatic carbocycles. The molecule has 12 nitrogen and oxygen atoms in total. The molecule has 1 aliphatic heterocycles. The van der Waals surface area contributed by atoms with Gasteiger partial charge in [0, 0.05) is 56.6 Å². The lowest BCUT2D eigenvalue weighted by atomic mass is 9.76. The predicted octanol–water partition coefficient (Wildman–Crippen LogP) is 3.33. The molecule has 2 aliphatic rings. The van der Waals surface area contributed by atoms with Crippen molar-refractivity contribution < 1.29 is 24.2 Å². The number of fused-ring (bicyclic) bond motifs is 3. The Kier molecular flexibility index (Phi) is 6.80. The molecular formula is C28H31N7O5. The summed E-state index contributed by atoms with van der Waals surface area (Å²) in [7, 11) is 3.42. The van der Waals surface area contributed by atoms with Crippen LogP contribution in [-0.2, 0) is 21.3 Å². The minimum absolute atomic E-state index is 0.0167. The summed E-state index contributed by atoms with van der Waals surface area (Å²) in [6, 6.07) is 5.79. The molecule has 6 rings (SSSR count). The number of aliphatic carboxylic acids is 1. The number of carboxylic acid groups (broad SMARTS) is 1. The zero-order valence-corrected chi connectivity index (χ0v) is 22.5. The van der Waals surface area contributed by atoms with Gasteiger partial charge in [-0.05, 0) is 37.8 Å². The molecule has 0 radical (unpaired) electrons. The van der Waals surface area contributed by atoms with Crippen LogP contribution in [0, 0.1) is 0 Å². The SMILES string of the molecule is COCCO[C@]1(C(=O)O)CC[C@H](c2nc3c(-c4ccc(-c5ccn(C)n5)nc4)cnn3c3c2C(=O)CCN3)CC1. The number of pyridine rings is 1. The van der Waals surface area contributed by atoms with Crippen molar-refractivity contribution in [3.8, 4) is 22.5 Å². The number of anilines is 1. The Morgan fingerprint density at radius 2 is 2.00 bits per heavy atom. The number of aryl methyl sites for hydroxylation is 1. The number of aromatic nitrogens is 6. The van der Waals surface area contributed by atoms with E-state index in [1.165, 1.54) is 0 Å². The van der Waals surface area contributed by atoms with Crippen LogP contribution in [-0.4, -0.2) is 78.7 Å². The summed E-state index contributed by atoms with van der Waals surface area (Å²) in [6.07, 6.45) is 7.47. The van der Waals surface area contributed by atoms with Gasteiger partial charge in [0.05, 0.1) is 36.4 Å². The van der Waals surface area contributed by atoms with Crippen LogP contribution in [0.15, 0.2) is 36.8 Å². The molecular weight excluding hydrogens is 514 g/mol. The first kappa shape index (κ1) is 26.1. The Morgan fingerprint density at radius 3 is 2.67 bits per heavy atom. The standard InChI is InChI=1S/C28H31N7O5/c1-34-12-8-21(33-34)20-4-3-18(15-30-20)19-16-31-35-25(19)32-24(23-22(36)7-11-29-26(23)35)17-5-9-28(10-6-17,27(37)38)40-14-13-39-2/h3-4,8,12,15-17,29H,5-7,9-11,13-14H2,1-2H3,(H,37,38)/t17-,28+. The lowest BCUT2D eigenvalue weighted by Gasteiger charge is -2.37. The summed E-state index contributed by atoms with van der Waals surface area (Å²) < 4.78 is 14.3. The van der Waals surface area contributed by atoms with E-state index in [0.29, 0.717) is 68.0 Å². The van der Waals surface area contributed by atoms with Gasteiger partial charge in [-0.25, -0.2) is 9.78 Å². The molecule has 0 atom stereocenters. The monoisotopic (exact) mass is 545 g/mol. The van der Waals surface area contributed by atoms with Crippen molar-refractivity contribution >= 4 is 23.2 Å². The average Bonchev–Trinajstić information content (AvgIpc) is 3.60. The zero-order chi connectivity index (χ0) is 27.9. The van der Waals surface area contributed by atoms with Gasteiger partial charge in [0.1, 0.15) is 11.5 Å². The number of rotatable bonds is 8. The highest BCUT2D eigenvalue weighted by Crippen LogP contribution is 2.43. The molecule has 0 unspecified atom stereocenters. The summed E-state index contributed by atoms with van der Waals surface area (Å²) >= 11 is 0. The van der Waals surface area contributed by atoms with E-state index >= 15 is 0 Å². The molecule has 4 aromatic rings. The smallest absolute Gasteiger partial charge is 0.335 e. The van der Waals surface area contributed by atoms with E-state index in [2.05, 4.69) is 20.5 Å². The third kappa shape index (κ3) is 4.52. The largest absolute Gasteiger partial charge is 0.479 e.